The van der Waals surface area contributed by atoms with Crippen LogP contribution in [0.1, 0.15) is 68.3 Å². The molecule has 180 valence electrons. The SMILES string of the molecule is COCc1ccc(CCN2C(=O)CC(S(C)(=O)=O)CCC2c2ccc(C(C)(C)C)cc2)cc1. The molecule has 1 fully saturated rings. The lowest BCUT2D eigenvalue weighted by molar-refractivity contribution is -0.133. The van der Waals surface area contributed by atoms with E-state index in [4.69, 9.17) is 4.74 Å². The van der Waals surface area contributed by atoms with Crippen LogP contribution in [0.4, 0.5) is 0 Å². The molecule has 5 nitrogen and oxygen atoms in total. The van der Waals surface area contributed by atoms with Crippen LogP contribution in [0.25, 0.3) is 0 Å². The van der Waals surface area contributed by atoms with Crippen LogP contribution in [-0.2, 0) is 37.8 Å². The molecular formula is C27H37NO4S. The highest BCUT2D eigenvalue weighted by Crippen LogP contribution is 2.34. The van der Waals surface area contributed by atoms with Gasteiger partial charge in [0.2, 0.25) is 5.91 Å². The highest BCUT2D eigenvalue weighted by molar-refractivity contribution is 7.91. The molecule has 3 rings (SSSR count). The van der Waals surface area contributed by atoms with Crippen LogP contribution in [0.5, 0.6) is 0 Å². The first-order valence-corrected chi connectivity index (χ1v) is 13.6. The molecule has 1 saturated heterocycles. The molecule has 2 aromatic carbocycles. The van der Waals surface area contributed by atoms with Crippen molar-refractivity contribution in [3.05, 3.63) is 70.8 Å². The van der Waals surface area contributed by atoms with E-state index in [1.165, 1.54) is 11.8 Å². The van der Waals surface area contributed by atoms with E-state index in [0.29, 0.717) is 26.0 Å². The number of ether oxygens (including phenoxy) is 1. The Morgan fingerprint density at radius 2 is 1.58 bits per heavy atom. The third-order valence-electron chi connectivity index (χ3n) is 6.60. The first kappa shape index (κ1) is 25.4. The molecule has 1 aliphatic rings. The van der Waals surface area contributed by atoms with E-state index in [2.05, 4.69) is 57.2 Å². The van der Waals surface area contributed by atoms with Crippen molar-refractivity contribution in [1.29, 1.82) is 0 Å². The molecule has 0 bridgehead atoms. The van der Waals surface area contributed by atoms with Gasteiger partial charge in [-0.25, -0.2) is 8.42 Å². The molecule has 2 unspecified atom stereocenters. The molecule has 0 radical (unpaired) electrons. The van der Waals surface area contributed by atoms with Gasteiger partial charge in [0, 0.05) is 26.3 Å². The van der Waals surface area contributed by atoms with Crippen molar-refractivity contribution in [3.63, 3.8) is 0 Å². The zero-order valence-corrected chi connectivity index (χ0v) is 21.3. The van der Waals surface area contributed by atoms with Crippen molar-refractivity contribution in [1.82, 2.24) is 4.90 Å². The largest absolute Gasteiger partial charge is 0.380 e. The average molecular weight is 472 g/mol. The standard InChI is InChI=1S/C27H37NO4S/c1-27(2,3)23-12-10-22(11-13-23)25-15-14-24(33(5,30)31)18-26(29)28(25)17-16-20-6-8-21(9-7-20)19-32-4/h6-13,24-25H,14-19H2,1-5H3. The molecule has 0 spiro atoms. The van der Waals surface area contributed by atoms with Crippen molar-refractivity contribution in [2.24, 2.45) is 0 Å². The lowest BCUT2D eigenvalue weighted by atomic mass is 9.86. The normalized spacial score (nSPS) is 20.0. The summed E-state index contributed by atoms with van der Waals surface area (Å²) >= 11 is 0. The Morgan fingerprint density at radius 1 is 0.970 bits per heavy atom. The zero-order valence-electron chi connectivity index (χ0n) is 20.5. The van der Waals surface area contributed by atoms with Gasteiger partial charge in [-0.2, -0.15) is 0 Å². The molecule has 0 saturated carbocycles. The maximum absolute atomic E-state index is 13.3. The van der Waals surface area contributed by atoms with E-state index in [1.807, 2.05) is 17.0 Å². The number of carbonyl (C=O) groups is 1. The molecule has 2 atom stereocenters. The van der Waals surface area contributed by atoms with E-state index >= 15 is 0 Å². The summed E-state index contributed by atoms with van der Waals surface area (Å²) in [7, 11) is -1.60. The van der Waals surface area contributed by atoms with Gasteiger partial charge in [0.05, 0.1) is 17.9 Å². The van der Waals surface area contributed by atoms with Crippen LogP contribution < -0.4 is 0 Å². The van der Waals surface area contributed by atoms with E-state index in [9.17, 15) is 13.2 Å². The average Bonchev–Trinajstić information content (AvgIpc) is 2.92. The zero-order chi connectivity index (χ0) is 24.2. The summed E-state index contributed by atoms with van der Waals surface area (Å²) in [4.78, 5) is 15.2. The van der Waals surface area contributed by atoms with Gasteiger partial charge in [-0.05, 0) is 46.9 Å². The fourth-order valence-electron chi connectivity index (χ4n) is 4.50. The van der Waals surface area contributed by atoms with E-state index in [0.717, 1.165) is 23.1 Å². The second-order valence-electron chi connectivity index (χ2n) is 10.2. The molecule has 0 N–H and O–H groups in total. The molecule has 0 aromatic heterocycles. The topological polar surface area (TPSA) is 63.7 Å². The summed E-state index contributed by atoms with van der Waals surface area (Å²) in [6, 6.07) is 16.6. The van der Waals surface area contributed by atoms with Crippen molar-refractivity contribution >= 4 is 15.7 Å². The maximum atomic E-state index is 13.3. The summed E-state index contributed by atoms with van der Waals surface area (Å²) in [5.74, 6) is -0.0798. The Bertz CT molecular complexity index is 1040. The fraction of sp³-hybridized carbons (Fsp3) is 0.519. The van der Waals surface area contributed by atoms with E-state index < -0.39 is 15.1 Å². The number of amides is 1. The second kappa shape index (κ2) is 10.4. The molecular weight excluding hydrogens is 434 g/mol. The van der Waals surface area contributed by atoms with Crippen LogP contribution in [0, 0.1) is 0 Å². The van der Waals surface area contributed by atoms with Gasteiger partial charge >= 0.3 is 0 Å². The molecule has 6 heteroatoms. The van der Waals surface area contributed by atoms with Gasteiger partial charge in [-0.3, -0.25) is 4.79 Å². The number of rotatable bonds is 7. The predicted octanol–water partition coefficient (Wildman–Crippen LogP) is 4.84. The molecule has 33 heavy (non-hydrogen) atoms. The van der Waals surface area contributed by atoms with Crippen molar-refractivity contribution in [3.8, 4) is 0 Å². The van der Waals surface area contributed by atoms with Crippen molar-refractivity contribution < 1.29 is 17.9 Å². The number of sulfone groups is 1. The number of nitrogens with zero attached hydrogens (tertiary/aromatic N) is 1. The Kier molecular flexibility index (Phi) is 8.01. The van der Waals surface area contributed by atoms with Crippen LogP contribution in [0.15, 0.2) is 48.5 Å². The minimum absolute atomic E-state index is 0.0495. The second-order valence-corrected chi connectivity index (χ2v) is 12.5. The Balaban J connectivity index is 1.85. The smallest absolute Gasteiger partial charge is 0.224 e. The molecule has 1 aliphatic heterocycles. The van der Waals surface area contributed by atoms with Crippen LogP contribution in [0.3, 0.4) is 0 Å². The van der Waals surface area contributed by atoms with E-state index in [1.54, 1.807) is 7.11 Å². The number of carbonyl (C=O) groups excluding carboxylic acids is 1. The predicted molar refractivity (Wildman–Crippen MR) is 133 cm³/mol. The summed E-state index contributed by atoms with van der Waals surface area (Å²) in [6.07, 6.45) is 3.17. The number of likely N-dealkylation sites (tertiary alicyclic amines) is 1. The van der Waals surface area contributed by atoms with Crippen molar-refractivity contribution in [2.75, 3.05) is 19.9 Å². The first-order valence-electron chi connectivity index (χ1n) is 11.6. The molecule has 1 heterocycles. The molecule has 1 amide bonds. The molecule has 2 aromatic rings. The number of hydrogen-bond acceptors (Lipinski definition) is 4. The third kappa shape index (κ3) is 6.67. The van der Waals surface area contributed by atoms with Gasteiger partial charge in [0.1, 0.15) is 0 Å². The summed E-state index contributed by atoms with van der Waals surface area (Å²) in [5.41, 5.74) is 4.62. The van der Waals surface area contributed by atoms with Gasteiger partial charge in [0.15, 0.2) is 9.84 Å². The van der Waals surface area contributed by atoms with Crippen LogP contribution >= 0.6 is 0 Å². The quantitative estimate of drug-likeness (QED) is 0.580. The highest BCUT2D eigenvalue weighted by atomic mass is 32.2. The van der Waals surface area contributed by atoms with Gasteiger partial charge in [-0.1, -0.05) is 69.3 Å². The van der Waals surface area contributed by atoms with E-state index in [-0.39, 0.29) is 23.8 Å². The summed E-state index contributed by atoms with van der Waals surface area (Å²) in [6.45, 7) is 7.67. The third-order valence-corrected chi connectivity index (χ3v) is 8.22. The lowest BCUT2D eigenvalue weighted by Gasteiger charge is -2.31. The number of benzene rings is 2. The summed E-state index contributed by atoms with van der Waals surface area (Å²) < 4.78 is 29.7. The van der Waals surface area contributed by atoms with Crippen LogP contribution in [-0.4, -0.2) is 44.4 Å². The number of hydrogen-bond donors (Lipinski definition) is 0. The van der Waals surface area contributed by atoms with Crippen molar-refractivity contribution in [2.45, 2.75) is 69.8 Å². The highest BCUT2D eigenvalue weighted by Gasteiger charge is 2.35. The van der Waals surface area contributed by atoms with Gasteiger partial charge in [0.25, 0.3) is 0 Å². The Hall–Kier alpha value is -2.18. The van der Waals surface area contributed by atoms with Gasteiger partial charge in [-0.15, -0.1) is 0 Å². The lowest BCUT2D eigenvalue weighted by Crippen LogP contribution is -2.36. The monoisotopic (exact) mass is 471 g/mol. The number of methoxy groups -OCH3 is 1. The Labute approximate surface area is 199 Å². The minimum atomic E-state index is -3.27. The fourth-order valence-corrected chi connectivity index (χ4v) is 5.51. The Morgan fingerprint density at radius 3 is 2.12 bits per heavy atom. The van der Waals surface area contributed by atoms with Gasteiger partial charge < -0.3 is 9.64 Å². The minimum Gasteiger partial charge on any atom is -0.380 e. The summed E-state index contributed by atoms with van der Waals surface area (Å²) in [5, 5.41) is -0.611. The van der Waals surface area contributed by atoms with Crippen LogP contribution in [0.2, 0.25) is 0 Å². The maximum Gasteiger partial charge on any atom is 0.224 e. The first-order chi connectivity index (χ1) is 15.5. The molecule has 0 aliphatic carbocycles.